The minimum Gasteiger partial charge on any atom is -0.348 e. The van der Waals surface area contributed by atoms with Crippen LogP contribution in [0.5, 0.6) is 0 Å². The molecular formula is C11H12FIN2O. The molecule has 1 heterocycles. The smallest absolute Gasteiger partial charge is 0.251 e. The molecule has 0 aromatic heterocycles. The lowest BCUT2D eigenvalue weighted by Gasteiger charge is -2.11. The third-order valence-electron chi connectivity index (χ3n) is 2.58. The lowest BCUT2D eigenvalue weighted by molar-refractivity contribution is 0.0939. The van der Waals surface area contributed by atoms with Crippen LogP contribution in [0.25, 0.3) is 0 Å². The van der Waals surface area contributed by atoms with Gasteiger partial charge in [0.1, 0.15) is 5.82 Å². The van der Waals surface area contributed by atoms with E-state index in [1.165, 1.54) is 6.07 Å². The summed E-state index contributed by atoms with van der Waals surface area (Å²) in [7, 11) is 0. The average Bonchev–Trinajstić information content (AvgIpc) is 2.74. The van der Waals surface area contributed by atoms with Crippen LogP contribution >= 0.6 is 22.6 Å². The molecule has 1 aliphatic heterocycles. The fraction of sp³-hybridized carbons (Fsp3) is 0.364. The van der Waals surface area contributed by atoms with Crippen molar-refractivity contribution in [1.29, 1.82) is 0 Å². The van der Waals surface area contributed by atoms with Crippen molar-refractivity contribution in [3.63, 3.8) is 0 Å². The first-order chi connectivity index (χ1) is 7.66. The number of hydrogen-bond acceptors (Lipinski definition) is 2. The van der Waals surface area contributed by atoms with Crippen LogP contribution < -0.4 is 10.6 Å². The highest BCUT2D eigenvalue weighted by Crippen LogP contribution is 2.13. The fourth-order valence-electron chi connectivity index (χ4n) is 1.68. The van der Waals surface area contributed by atoms with Crippen molar-refractivity contribution in [2.75, 3.05) is 13.1 Å². The Balaban J connectivity index is 2.05. The highest BCUT2D eigenvalue weighted by atomic mass is 127. The van der Waals surface area contributed by atoms with Crippen molar-refractivity contribution in [2.45, 2.75) is 12.5 Å². The van der Waals surface area contributed by atoms with Gasteiger partial charge in [-0.05, 0) is 53.8 Å². The molecule has 1 aromatic carbocycles. The van der Waals surface area contributed by atoms with Crippen LogP contribution in [0.2, 0.25) is 0 Å². The lowest BCUT2D eigenvalue weighted by Crippen LogP contribution is -2.36. The Hall–Kier alpha value is -0.690. The average molecular weight is 334 g/mol. The second-order valence-electron chi connectivity index (χ2n) is 3.79. The Morgan fingerprint density at radius 1 is 1.56 bits per heavy atom. The van der Waals surface area contributed by atoms with Crippen molar-refractivity contribution in [3.05, 3.63) is 33.1 Å². The third kappa shape index (κ3) is 2.70. The molecule has 2 rings (SSSR count). The van der Waals surface area contributed by atoms with Crippen molar-refractivity contribution in [3.8, 4) is 0 Å². The van der Waals surface area contributed by atoms with Gasteiger partial charge >= 0.3 is 0 Å². The molecule has 1 amide bonds. The van der Waals surface area contributed by atoms with Gasteiger partial charge < -0.3 is 10.6 Å². The van der Waals surface area contributed by atoms with Crippen molar-refractivity contribution < 1.29 is 9.18 Å². The Labute approximate surface area is 107 Å². The zero-order valence-corrected chi connectivity index (χ0v) is 10.8. The SMILES string of the molecule is O=C(NC1CCNC1)c1ccc(I)c(F)c1. The van der Waals surface area contributed by atoms with E-state index in [0.29, 0.717) is 9.13 Å². The Morgan fingerprint density at radius 2 is 2.38 bits per heavy atom. The predicted molar refractivity (Wildman–Crippen MR) is 67.9 cm³/mol. The van der Waals surface area contributed by atoms with Crippen molar-refractivity contribution >= 4 is 28.5 Å². The third-order valence-corrected chi connectivity index (χ3v) is 3.45. The molecule has 0 aliphatic carbocycles. The van der Waals surface area contributed by atoms with E-state index in [0.717, 1.165) is 19.5 Å². The van der Waals surface area contributed by atoms with Crippen LogP contribution in [-0.4, -0.2) is 25.0 Å². The standard InChI is InChI=1S/C11H12FIN2O/c12-9-5-7(1-2-10(9)13)11(16)15-8-3-4-14-6-8/h1-2,5,8,14H,3-4,6H2,(H,15,16). The Morgan fingerprint density at radius 3 is 3.00 bits per heavy atom. The lowest BCUT2D eigenvalue weighted by atomic mass is 10.2. The first kappa shape index (κ1) is 11.8. The molecule has 1 fully saturated rings. The van der Waals surface area contributed by atoms with Gasteiger partial charge in [-0.2, -0.15) is 0 Å². The maximum absolute atomic E-state index is 13.3. The summed E-state index contributed by atoms with van der Waals surface area (Å²) < 4.78 is 13.8. The molecule has 1 aliphatic rings. The first-order valence-electron chi connectivity index (χ1n) is 5.13. The zero-order chi connectivity index (χ0) is 11.5. The molecule has 3 nitrogen and oxygen atoms in total. The summed E-state index contributed by atoms with van der Waals surface area (Å²) in [5.41, 5.74) is 0.379. The number of benzene rings is 1. The van der Waals surface area contributed by atoms with E-state index < -0.39 is 0 Å². The Kier molecular flexibility index (Phi) is 3.75. The molecule has 2 N–H and O–H groups in total. The van der Waals surface area contributed by atoms with Gasteiger partial charge in [-0.3, -0.25) is 4.79 Å². The molecule has 1 aromatic rings. The van der Waals surface area contributed by atoms with E-state index in [-0.39, 0.29) is 17.8 Å². The van der Waals surface area contributed by atoms with Crippen LogP contribution in [0.15, 0.2) is 18.2 Å². The summed E-state index contributed by atoms with van der Waals surface area (Å²) in [5, 5.41) is 6.03. The van der Waals surface area contributed by atoms with E-state index in [1.54, 1.807) is 12.1 Å². The van der Waals surface area contributed by atoms with Crippen LogP contribution in [0.1, 0.15) is 16.8 Å². The summed E-state index contributed by atoms with van der Waals surface area (Å²) in [6.07, 6.45) is 0.929. The van der Waals surface area contributed by atoms with Crippen LogP contribution in [0.4, 0.5) is 4.39 Å². The molecule has 0 bridgehead atoms. The zero-order valence-electron chi connectivity index (χ0n) is 8.59. The highest BCUT2D eigenvalue weighted by Gasteiger charge is 2.17. The van der Waals surface area contributed by atoms with E-state index >= 15 is 0 Å². The first-order valence-corrected chi connectivity index (χ1v) is 6.21. The minimum absolute atomic E-state index is 0.162. The van der Waals surface area contributed by atoms with Gasteiger partial charge in [0.15, 0.2) is 0 Å². The summed E-state index contributed by atoms with van der Waals surface area (Å²) in [6, 6.07) is 4.69. The molecule has 16 heavy (non-hydrogen) atoms. The van der Waals surface area contributed by atoms with Crippen LogP contribution in [-0.2, 0) is 0 Å². The molecule has 1 saturated heterocycles. The maximum Gasteiger partial charge on any atom is 0.251 e. The van der Waals surface area contributed by atoms with Gasteiger partial charge in [-0.15, -0.1) is 0 Å². The summed E-state index contributed by atoms with van der Waals surface area (Å²) in [5.74, 6) is -0.554. The molecule has 0 spiro atoms. The summed E-state index contributed by atoms with van der Waals surface area (Å²) in [4.78, 5) is 11.8. The van der Waals surface area contributed by atoms with Crippen molar-refractivity contribution in [1.82, 2.24) is 10.6 Å². The quantitative estimate of drug-likeness (QED) is 0.806. The molecule has 0 radical (unpaired) electrons. The number of amides is 1. The van der Waals surface area contributed by atoms with E-state index in [2.05, 4.69) is 10.6 Å². The molecule has 5 heteroatoms. The minimum atomic E-state index is -0.349. The van der Waals surface area contributed by atoms with Gasteiger partial charge in [-0.1, -0.05) is 0 Å². The largest absolute Gasteiger partial charge is 0.348 e. The molecular weight excluding hydrogens is 322 g/mol. The topological polar surface area (TPSA) is 41.1 Å². The van der Waals surface area contributed by atoms with E-state index in [9.17, 15) is 9.18 Å². The number of hydrogen-bond donors (Lipinski definition) is 2. The van der Waals surface area contributed by atoms with Crippen LogP contribution in [0.3, 0.4) is 0 Å². The van der Waals surface area contributed by atoms with Gasteiger partial charge in [0.05, 0.1) is 0 Å². The summed E-state index contributed by atoms with van der Waals surface area (Å²) >= 11 is 1.90. The number of carbonyl (C=O) groups excluding carboxylic acids is 1. The number of halogens is 2. The maximum atomic E-state index is 13.3. The highest BCUT2D eigenvalue weighted by molar-refractivity contribution is 14.1. The summed E-state index contributed by atoms with van der Waals surface area (Å²) in [6.45, 7) is 1.71. The second kappa shape index (κ2) is 5.09. The van der Waals surface area contributed by atoms with E-state index in [4.69, 9.17) is 0 Å². The number of carbonyl (C=O) groups is 1. The normalized spacial score (nSPS) is 19.8. The van der Waals surface area contributed by atoms with Crippen molar-refractivity contribution in [2.24, 2.45) is 0 Å². The molecule has 1 atom stereocenters. The molecule has 1 unspecified atom stereocenters. The van der Waals surface area contributed by atoms with E-state index in [1.807, 2.05) is 22.6 Å². The second-order valence-corrected chi connectivity index (χ2v) is 4.95. The number of rotatable bonds is 2. The molecule has 86 valence electrons. The van der Waals surface area contributed by atoms with Gasteiger partial charge in [0.25, 0.3) is 5.91 Å². The van der Waals surface area contributed by atoms with Gasteiger partial charge in [0.2, 0.25) is 0 Å². The predicted octanol–water partition coefficient (Wildman–Crippen LogP) is 1.52. The monoisotopic (exact) mass is 334 g/mol. The molecule has 0 saturated carbocycles. The number of nitrogens with one attached hydrogen (secondary N) is 2. The van der Waals surface area contributed by atoms with Gasteiger partial charge in [0, 0.05) is 21.7 Å². The Bertz CT molecular complexity index is 405. The fourth-order valence-corrected chi connectivity index (χ4v) is 2.02. The van der Waals surface area contributed by atoms with Crippen LogP contribution in [0, 0.1) is 9.39 Å². The van der Waals surface area contributed by atoms with Gasteiger partial charge in [-0.25, -0.2) is 4.39 Å².